The highest BCUT2D eigenvalue weighted by Gasteiger charge is 2.21. The number of halogens is 1. The van der Waals surface area contributed by atoms with Crippen LogP contribution in [0.25, 0.3) is 0 Å². The fraction of sp³-hybridized carbons (Fsp3) is 0.455. The minimum Gasteiger partial charge on any atom is -0.486 e. The van der Waals surface area contributed by atoms with Crippen LogP contribution in [0.2, 0.25) is 5.02 Å². The third-order valence-electron chi connectivity index (χ3n) is 2.43. The van der Waals surface area contributed by atoms with Crippen LogP contribution in [0.4, 0.5) is 0 Å². The number of hydrogen-bond acceptors (Lipinski definition) is 4. The van der Waals surface area contributed by atoms with E-state index in [4.69, 9.17) is 21.1 Å². The fourth-order valence-corrected chi connectivity index (χ4v) is 1.99. The first-order valence-electron chi connectivity index (χ1n) is 5.14. The molecular weight excluding hydrogens is 230 g/mol. The van der Waals surface area contributed by atoms with Crippen molar-refractivity contribution in [3.8, 4) is 11.5 Å². The highest BCUT2D eigenvalue weighted by molar-refractivity contribution is 6.33. The molecule has 0 spiro atoms. The SMILES string of the molecule is CNCC(O)c1ccc2c(c1Cl)OCCO2. The zero-order valence-corrected chi connectivity index (χ0v) is 9.75. The van der Waals surface area contributed by atoms with Crippen molar-refractivity contribution in [2.45, 2.75) is 6.10 Å². The molecule has 1 unspecified atom stereocenters. The molecule has 2 rings (SSSR count). The molecule has 1 atom stereocenters. The van der Waals surface area contributed by atoms with Crippen molar-refractivity contribution in [1.29, 1.82) is 0 Å². The maximum absolute atomic E-state index is 9.86. The number of ether oxygens (including phenoxy) is 2. The topological polar surface area (TPSA) is 50.7 Å². The molecule has 1 aliphatic rings. The molecule has 0 radical (unpaired) electrons. The summed E-state index contributed by atoms with van der Waals surface area (Å²) in [6.45, 7) is 1.46. The molecule has 0 aromatic heterocycles. The number of fused-ring (bicyclic) bond motifs is 1. The first kappa shape index (κ1) is 11.5. The number of aliphatic hydroxyl groups excluding tert-OH is 1. The van der Waals surface area contributed by atoms with Crippen molar-refractivity contribution in [1.82, 2.24) is 5.32 Å². The van der Waals surface area contributed by atoms with Gasteiger partial charge in [-0.3, -0.25) is 0 Å². The molecule has 5 heteroatoms. The highest BCUT2D eigenvalue weighted by Crippen LogP contribution is 2.41. The van der Waals surface area contributed by atoms with E-state index in [1.807, 2.05) is 0 Å². The van der Waals surface area contributed by atoms with E-state index in [0.717, 1.165) is 0 Å². The van der Waals surface area contributed by atoms with Gasteiger partial charge in [-0.15, -0.1) is 0 Å². The van der Waals surface area contributed by atoms with E-state index in [2.05, 4.69) is 5.32 Å². The number of rotatable bonds is 3. The maximum Gasteiger partial charge on any atom is 0.180 e. The summed E-state index contributed by atoms with van der Waals surface area (Å²) in [5, 5.41) is 13.2. The monoisotopic (exact) mass is 243 g/mol. The smallest absolute Gasteiger partial charge is 0.180 e. The standard InChI is InChI=1S/C11H14ClNO3/c1-13-6-8(14)7-2-3-9-11(10(7)12)16-5-4-15-9/h2-3,8,13-14H,4-6H2,1H3. The summed E-state index contributed by atoms with van der Waals surface area (Å²) in [6, 6.07) is 3.53. The molecular formula is C11H14ClNO3. The Balaban J connectivity index is 2.33. The molecule has 0 saturated heterocycles. The maximum atomic E-state index is 9.86. The van der Waals surface area contributed by atoms with E-state index in [9.17, 15) is 5.11 Å². The highest BCUT2D eigenvalue weighted by atomic mass is 35.5. The first-order valence-corrected chi connectivity index (χ1v) is 5.52. The number of hydrogen-bond donors (Lipinski definition) is 2. The molecule has 1 aliphatic heterocycles. The van der Waals surface area contributed by atoms with Crippen LogP contribution in [0, 0.1) is 0 Å². The van der Waals surface area contributed by atoms with Gasteiger partial charge in [0.2, 0.25) is 0 Å². The molecule has 0 amide bonds. The lowest BCUT2D eigenvalue weighted by Gasteiger charge is -2.22. The van der Waals surface area contributed by atoms with E-state index in [1.165, 1.54) is 0 Å². The van der Waals surface area contributed by atoms with Gasteiger partial charge in [-0.25, -0.2) is 0 Å². The van der Waals surface area contributed by atoms with Gasteiger partial charge in [0, 0.05) is 12.1 Å². The minimum atomic E-state index is -0.645. The quantitative estimate of drug-likeness (QED) is 0.842. The van der Waals surface area contributed by atoms with Crippen LogP contribution >= 0.6 is 11.6 Å². The number of aliphatic hydroxyl groups is 1. The van der Waals surface area contributed by atoms with Crippen molar-refractivity contribution >= 4 is 11.6 Å². The third-order valence-corrected chi connectivity index (χ3v) is 2.82. The van der Waals surface area contributed by atoms with Crippen molar-refractivity contribution in [2.24, 2.45) is 0 Å². The van der Waals surface area contributed by atoms with Gasteiger partial charge in [-0.1, -0.05) is 17.7 Å². The van der Waals surface area contributed by atoms with Crippen LogP contribution in [0.15, 0.2) is 12.1 Å². The number of nitrogens with one attached hydrogen (secondary N) is 1. The van der Waals surface area contributed by atoms with Gasteiger partial charge in [0.1, 0.15) is 13.2 Å². The van der Waals surface area contributed by atoms with Crippen LogP contribution in [-0.2, 0) is 0 Å². The van der Waals surface area contributed by atoms with Gasteiger partial charge in [-0.05, 0) is 13.1 Å². The van der Waals surface area contributed by atoms with Crippen molar-refractivity contribution in [3.63, 3.8) is 0 Å². The Morgan fingerprint density at radius 3 is 2.94 bits per heavy atom. The summed E-state index contributed by atoms with van der Waals surface area (Å²) in [5.74, 6) is 1.16. The van der Waals surface area contributed by atoms with E-state index in [0.29, 0.717) is 41.8 Å². The molecule has 0 fully saturated rings. The van der Waals surface area contributed by atoms with Gasteiger partial charge < -0.3 is 19.9 Å². The molecule has 1 heterocycles. The molecule has 16 heavy (non-hydrogen) atoms. The minimum absolute atomic E-state index is 0.431. The van der Waals surface area contributed by atoms with Crippen LogP contribution in [0.3, 0.4) is 0 Å². The predicted molar refractivity (Wildman–Crippen MR) is 61.3 cm³/mol. The van der Waals surface area contributed by atoms with Crippen molar-refractivity contribution < 1.29 is 14.6 Å². The molecule has 0 bridgehead atoms. The molecule has 0 aliphatic carbocycles. The normalized spacial score (nSPS) is 15.9. The summed E-state index contributed by atoms with van der Waals surface area (Å²) in [6.07, 6.45) is -0.645. The second kappa shape index (κ2) is 4.91. The van der Waals surface area contributed by atoms with Gasteiger partial charge in [0.05, 0.1) is 11.1 Å². The molecule has 1 aromatic rings. The Morgan fingerprint density at radius 2 is 2.19 bits per heavy atom. The molecule has 4 nitrogen and oxygen atoms in total. The summed E-state index contributed by atoms with van der Waals surface area (Å²) in [5.41, 5.74) is 0.653. The first-order chi connectivity index (χ1) is 7.74. The summed E-state index contributed by atoms with van der Waals surface area (Å²) in [7, 11) is 1.77. The van der Waals surface area contributed by atoms with Crippen molar-refractivity contribution in [3.05, 3.63) is 22.7 Å². The lowest BCUT2D eigenvalue weighted by atomic mass is 10.1. The fourth-order valence-electron chi connectivity index (χ4n) is 1.66. The number of benzene rings is 1. The lowest BCUT2D eigenvalue weighted by Crippen LogP contribution is -2.19. The van der Waals surface area contributed by atoms with Gasteiger partial charge >= 0.3 is 0 Å². The Hall–Kier alpha value is -0.970. The second-order valence-electron chi connectivity index (χ2n) is 3.57. The Morgan fingerprint density at radius 1 is 1.44 bits per heavy atom. The zero-order chi connectivity index (χ0) is 11.5. The van der Waals surface area contributed by atoms with E-state index >= 15 is 0 Å². The third kappa shape index (κ3) is 2.09. The molecule has 88 valence electrons. The van der Waals surface area contributed by atoms with Crippen LogP contribution < -0.4 is 14.8 Å². The largest absolute Gasteiger partial charge is 0.486 e. The number of likely N-dealkylation sites (N-methyl/N-ethyl adjacent to an activating group) is 1. The average molecular weight is 244 g/mol. The van der Waals surface area contributed by atoms with Crippen LogP contribution in [0.5, 0.6) is 11.5 Å². The Labute approximate surface area is 99.1 Å². The predicted octanol–water partition coefficient (Wildman–Crippen LogP) is 1.36. The average Bonchev–Trinajstić information content (AvgIpc) is 2.30. The van der Waals surface area contributed by atoms with Crippen molar-refractivity contribution in [2.75, 3.05) is 26.8 Å². The zero-order valence-electron chi connectivity index (χ0n) is 9.00. The van der Waals surface area contributed by atoms with Gasteiger partial charge in [0.25, 0.3) is 0 Å². The van der Waals surface area contributed by atoms with E-state index in [-0.39, 0.29) is 0 Å². The van der Waals surface area contributed by atoms with E-state index in [1.54, 1.807) is 19.2 Å². The summed E-state index contributed by atoms with van der Waals surface area (Å²) in [4.78, 5) is 0. The van der Waals surface area contributed by atoms with E-state index < -0.39 is 6.10 Å². The second-order valence-corrected chi connectivity index (χ2v) is 3.94. The lowest BCUT2D eigenvalue weighted by molar-refractivity contribution is 0.164. The Bertz CT molecular complexity index is 384. The Kier molecular flexibility index (Phi) is 3.53. The molecule has 2 N–H and O–H groups in total. The van der Waals surface area contributed by atoms with Gasteiger partial charge in [-0.2, -0.15) is 0 Å². The van der Waals surface area contributed by atoms with Crippen LogP contribution in [0.1, 0.15) is 11.7 Å². The molecule has 0 saturated carbocycles. The summed E-state index contributed by atoms with van der Waals surface area (Å²) >= 11 is 6.16. The van der Waals surface area contributed by atoms with Crippen LogP contribution in [-0.4, -0.2) is 31.9 Å². The molecule has 1 aromatic carbocycles. The summed E-state index contributed by atoms with van der Waals surface area (Å²) < 4.78 is 10.8. The van der Waals surface area contributed by atoms with Gasteiger partial charge in [0.15, 0.2) is 11.5 Å².